The van der Waals surface area contributed by atoms with E-state index in [9.17, 15) is 0 Å². The maximum atomic E-state index is 5.93. The molecule has 0 saturated heterocycles. The van der Waals surface area contributed by atoms with Crippen LogP contribution in [0.1, 0.15) is 11.4 Å². The SMILES string of the molecule is NCCCc1nc2cc(Cl)c(Cl)cc2s1. The summed E-state index contributed by atoms with van der Waals surface area (Å²) in [7, 11) is 0. The van der Waals surface area contributed by atoms with E-state index < -0.39 is 0 Å². The Balaban J connectivity index is 2.38. The van der Waals surface area contributed by atoms with E-state index in [1.807, 2.05) is 12.1 Å². The summed E-state index contributed by atoms with van der Waals surface area (Å²) >= 11 is 13.5. The van der Waals surface area contributed by atoms with E-state index >= 15 is 0 Å². The minimum atomic E-state index is 0.555. The summed E-state index contributed by atoms with van der Waals surface area (Å²) in [5, 5.41) is 2.23. The number of hydrogen-bond acceptors (Lipinski definition) is 3. The smallest absolute Gasteiger partial charge is 0.0939 e. The van der Waals surface area contributed by atoms with Crippen LogP contribution in [0.5, 0.6) is 0 Å². The zero-order valence-corrected chi connectivity index (χ0v) is 10.3. The van der Waals surface area contributed by atoms with Crippen LogP contribution in [0, 0.1) is 0 Å². The van der Waals surface area contributed by atoms with Gasteiger partial charge in [-0.2, -0.15) is 0 Å². The number of rotatable bonds is 3. The van der Waals surface area contributed by atoms with Gasteiger partial charge >= 0.3 is 0 Å². The fourth-order valence-corrected chi connectivity index (χ4v) is 2.75. The zero-order chi connectivity index (χ0) is 10.8. The van der Waals surface area contributed by atoms with E-state index in [0.717, 1.165) is 28.1 Å². The molecule has 0 bridgehead atoms. The van der Waals surface area contributed by atoms with Gasteiger partial charge in [-0.05, 0) is 25.1 Å². The van der Waals surface area contributed by atoms with E-state index in [1.165, 1.54) is 0 Å². The molecular weight excluding hydrogens is 251 g/mol. The van der Waals surface area contributed by atoms with Gasteiger partial charge in [0.15, 0.2) is 0 Å². The maximum absolute atomic E-state index is 5.93. The third-order valence-corrected chi connectivity index (χ3v) is 3.87. The van der Waals surface area contributed by atoms with Crippen LogP contribution in [0.25, 0.3) is 10.2 Å². The van der Waals surface area contributed by atoms with Crippen molar-refractivity contribution in [3.05, 3.63) is 27.2 Å². The minimum Gasteiger partial charge on any atom is -0.330 e. The standard InChI is InChI=1S/C10H10Cl2N2S/c11-6-4-8-9(5-7(6)12)15-10(14-8)2-1-3-13/h4-5H,1-3,13H2. The van der Waals surface area contributed by atoms with Crippen molar-refractivity contribution in [2.75, 3.05) is 6.54 Å². The molecule has 0 saturated carbocycles. The third kappa shape index (κ3) is 2.42. The highest BCUT2D eigenvalue weighted by molar-refractivity contribution is 7.18. The number of halogens is 2. The largest absolute Gasteiger partial charge is 0.330 e. The first kappa shape index (κ1) is 11.1. The molecule has 80 valence electrons. The van der Waals surface area contributed by atoms with E-state index in [0.29, 0.717) is 16.6 Å². The van der Waals surface area contributed by atoms with Crippen LogP contribution >= 0.6 is 34.5 Å². The first-order chi connectivity index (χ1) is 7.20. The Labute approximate surface area is 102 Å². The van der Waals surface area contributed by atoms with Gasteiger partial charge in [-0.25, -0.2) is 4.98 Å². The highest BCUT2D eigenvalue weighted by atomic mass is 35.5. The second-order valence-electron chi connectivity index (χ2n) is 3.23. The molecule has 0 atom stereocenters. The number of aromatic nitrogens is 1. The van der Waals surface area contributed by atoms with Crippen molar-refractivity contribution >= 4 is 44.8 Å². The van der Waals surface area contributed by atoms with Crippen molar-refractivity contribution < 1.29 is 0 Å². The van der Waals surface area contributed by atoms with Crippen molar-refractivity contribution in [2.45, 2.75) is 12.8 Å². The summed E-state index contributed by atoms with van der Waals surface area (Å²) in [6.45, 7) is 0.692. The molecule has 1 aromatic carbocycles. The molecule has 1 aromatic heterocycles. The molecule has 2 N–H and O–H groups in total. The summed E-state index contributed by atoms with van der Waals surface area (Å²) < 4.78 is 1.08. The first-order valence-electron chi connectivity index (χ1n) is 4.65. The first-order valence-corrected chi connectivity index (χ1v) is 6.22. The molecule has 0 fully saturated rings. The lowest BCUT2D eigenvalue weighted by atomic mass is 10.3. The van der Waals surface area contributed by atoms with Crippen molar-refractivity contribution in [1.29, 1.82) is 0 Å². The molecule has 0 radical (unpaired) electrons. The van der Waals surface area contributed by atoms with E-state index in [4.69, 9.17) is 28.9 Å². The number of nitrogens with zero attached hydrogens (tertiary/aromatic N) is 1. The second-order valence-corrected chi connectivity index (χ2v) is 5.16. The lowest BCUT2D eigenvalue weighted by Gasteiger charge is -1.92. The molecule has 15 heavy (non-hydrogen) atoms. The number of nitrogens with two attached hydrogens (primary N) is 1. The third-order valence-electron chi connectivity index (χ3n) is 2.07. The van der Waals surface area contributed by atoms with E-state index in [-0.39, 0.29) is 0 Å². The molecule has 0 aliphatic heterocycles. The highest BCUT2D eigenvalue weighted by Crippen LogP contribution is 2.31. The van der Waals surface area contributed by atoms with Gasteiger partial charge < -0.3 is 5.73 Å². The zero-order valence-electron chi connectivity index (χ0n) is 7.96. The topological polar surface area (TPSA) is 38.9 Å². The Morgan fingerprint density at radius 2 is 2.00 bits per heavy atom. The Bertz CT molecular complexity index is 442. The number of hydrogen-bond donors (Lipinski definition) is 1. The number of thiazole rings is 1. The molecule has 2 nitrogen and oxygen atoms in total. The molecule has 2 aromatic rings. The molecule has 0 aliphatic rings. The average molecular weight is 261 g/mol. The normalized spacial score (nSPS) is 11.1. The van der Waals surface area contributed by atoms with Crippen LogP contribution in [-0.4, -0.2) is 11.5 Å². The molecule has 5 heteroatoms. The monoisotopic (exact) mass is 260 g/mol. The summed E-state index contributed by atoms with van der Waals surface area (Å²) in [6.07, 6.45) is 1.88. The van der Waals surface area contributed by atoms with Crippen LogP contribution in [0.3, 0.4) is 0 Å². The number of aryl methyl sites for hydroxylation is 1. The van der Waals surface area contributed by atoms with Gasteiger partial charge in [0.1, 0.15) is 0 Å². The van der Waals surface area contributed by atoms with E-state index in [2.05, 4.69) is 4.98 Å². The van der Waals surface area contributed by atoms with Crippen LogP contribution < -0.4 is 5.73 Å². The second kappa shape index (κ2) is 4.66. The Kier molecular flexibility index (Phi) is 3.46. The van der Waals surface area contributed by atoms with Crippen molar-refractivity contribution in [2.24, 2.45) is 5.73 Å². The average Bonchev–Trinajstić information content (AvgIpc) is 2.58. The maximum Gasteiger partial charge on any atom is 0.0939 e. The summed E-state index contributed by atoms with van der Waals surface area (Å²) in [4.78, 5) is 4.47. The molecule has 0 aliphatic carbocycles. The van der Waals surface area contributed by atoms with Gasteiger partial charge in [0.25, 0.3) is 0 Å². The Hall–Kier alpha value is -0.350. The van der Waals surface area contributed by atoms with Crippen LogP contribution in [0.15, 0.2) is 12.1 Å². The van der Waals surface area contributed by atoms with E-state index in [1.54, 1.807) is 11.3 Å². The van der Waals surface area contributed by atoms with Gasteiger partial charge in [0, 0.05) is 6.42 Å². The lowest BCUT2D eigenvalue weighted by Crippen LogP contribution is -1.99. The van der Waals surface area contributed by atoms with Crippen LogP contribution in [0.4, 0.5) is 0 Å². The Morgan fingerprint density at radius 1 is 1.27 bits per heavy atom. The van der Waals surface area contributed by atoms with Gasteiger partial charge in [-0.15, -0.1) is 11.3 Å². The summed E-state index contributed by atoms with van der Waals surface area (Å²) in [6, 6.07) is 3.67. The van der Waals surface area contributed by atoms with Gasteiger partial charge in [0.05, 0.1) is 25.3 Å². The minimum absolute atomic E-state index is 0.555. The fraction of sp³-hybridized carbons (Fsp3) is 0.300. The van der Waals surface area contributed by atoms with Gasteiger partial charge in [-0.1, -0.05) is 23.2 Å². The molecular formula is C10H10Cl2N2S. The molecule has 0 amide bonds. The van der Waals surface area contributed by atoms with Crippen molar-refractivity contribution in [1.82, 2.24) is 4.98 Å². The predicted octanol–water partition coefficient (Wildman–Crippen LogP) is 3.49. The Morgan fingerprint density at radius 3 is 2.73 bits per heavy atom. The number of fused-ring (bicyclic) bond motifs is 1. The highest BCUT2D eigenvalue weighted by Gasteiger charge is 2.06. The molecule has 0 unspecified atom stereocenters. The fourth-order valence-electron chi connectivity index (χ4n) is 1.33. The lowest BCUT2D eigenvalue weighted by molar-refractivity contribution is 0.828. The number of benzene rings is 1. The van der Waals surface area contributed by atoms with Crippen molar-refractivity contribution in [3.8, 4) is 0 Å². The predicted molar refractivity (Wildman–Crippen MR) is 67.0 cm³/mol. The summed E-state index contributed by atoms with van der Waals surface area (Å²) in [5.74, 6) is 0. The molecule has 0 spiro atoms. The van der Waals surface area contributed by atoms with Gasteiger partial charge in [-0.3, -0.25) is 0 Å². The summed E-state index contributed by atoms with van der Waals surface area (Å²) in [5.41, 5.74) is 6.37. The van der Waals surface area contributed by atoms with Crippen LogP contribution in [0.2, 0.25) is 10.0 Å². The van der Waals surface area contributed by atoms with Crippen molar-refractivity contribution in [3.63, 3.8) is 0 Å². The molecule has 1 heterocycles. The van der Waals surface area contributed by atoms with Crippen LogP contribution in [-0.2, 0) is 6.42 Å². The van der Waals surface area contributed by atoms with Gasteiger partial charge in [0.2, 0.25) is 0 Å². The quantitative estimate of drug-likeness (QED) is 0.918. The molecule has 2 rings (SSSR count).